The van der Waals surface area contributed by atoms with Crippen molar-refractivity contribution < 1.29 is 9.18 Å². The quantitative estimate of drug-likeness (QED) is 0.829. The molecule has 0 aliphatic heterocycles. The third-order valence-electron chi connectivity index (χ3n) is 2.22. The van der Waals surface area contributed by atoms with Crippen LogP contribution in [-0.4, -0.2) is 17.8 Å². The zero-order chi connectivity index (χ0) is 12.0. The number of hydrogen-bond donors (Lipinski definition) is 1. The fourth-order valence-corrected chi connectivity index (χ4v) is 1.45. The van der Waals surface area contributed by atoms with Crippen molar-refractivity contribution in [3.05, 3.63) is 35.6 Å². The van der Waals surface area contributed by atoms with Crippen molar-refractivity contribution in [2.24, 2.45) is 5.92 Å². The fraction of sp³-hybridized carbons (Fsp3) is 0.417. The lowest BCUT2D eigenvalue weighted by Gasteiger charge is -2.09. The van der Waals surface area contributed by atoms with E-state index < -0.39 is 0 Å². The average molecular weight is 288 g/mol. The van der Waals surface area contributed by atoms with Crippen LogP contribution in [-0.2, 0) is 11.2 Å². The first-order valence-corrected chi connectivity index (χ1v) is 6.31. The monoisotopic (exact) mass is 287 g/mol. The van der Waals surface area contributed by atoms with Crippen LogP contribution in [0.25, 0.3) is 0 Å². The van der Waals surface area contributed by atoms with Crippen molar-refractivity contribution in [3.63, 3.8) is 0 Å². The molecular formula is C12H15BrFNO. The molecule has 1 rings (SSSR count). The number of halogens is 2. The molecule has 0 aliphatic rings. The van der Waals surface area contributed by atoms with Gasteiger partial charge in [-0.15, -0.1) is 0 Å². The molecular weight excluding hydrogens is 273 g/mol. The van der Waals surface area contributed by atoms with E-state index in [0.717, 1.165) is 5.33 Å². The highest BCUT2D eigenvalue weighted by atomic mass is 79.9. The number of carbonyl (C=O) groups excluding carboxylic acids is 1. The van der Waals surface area contributed by atoms with Crippen molar-refractivity contribution in [1.29, 1.82) is 0 Å². The maximum Gasteiger partial charge on any atom is 0.224 e. The highest BCUT2D eigenvalue weighted by Crippen LogP contribution is 2.07. The van der Waals surface area contributed by atoms with Crippen molar-refractivity contribution in [1.82, 2.24) is 5.32 Å². The summed E-state index contributed by atoms with van der Waals surface area (Å²) in [6.45, 7) is 2.64. The smallest absolute Gasteiger partial charge is 0.224 e. The maximum absolute atomic E-state index is 13.2. The number of nitrogens with one attached hydrogen (secondary N) is 1. The number of amides is 1. The summed E-state index contributed by atoms with van der Waals surface area (Å²) in [5.74, 6) is -0.0892. The van der Waals surface area contributed by atoms with Crippen LogP contribution in [0.3, 0.4) is 0 Å². The Morgan fingerprint density at radius 1 is 1.50 bits per heavy atom. The van der Waals surface area contributed by atoms with Crippen molar-refractivity contribution in [3.8, 4) is 0 Å². The van der Waals surface area contributed by atoms with Crippen molar-refractivity contribution in [2.45, 2.75) is 13.3 Å². The first-order valence-electron chi connectivity index (χ1n) is 5.19. The van der Waals surface area contributed by atoms with Crippen LogP contribution in [0.1, 0.15) is 12.5 Å². The lowest BCUT2D eigenvalue weighted by molar-refractivity contribution is -0.120. The molecule has 16 heavy (non-hydrogen) atoms. The topological polar surface area (TPSA) is 29.1 Å². The second kappa shape index (κ2) is 6.63. The SMILES string of the molecule is CC(CBr)CNC(=O)Cc1ccccc1F. The molecule has 4 heteroatoms. The van der Waals surface area contributed by atoms with Gasteiger partial charge in [0, 0.05) is 11.9 Å². The molecule has 0 heterocycles. The van der Waals surface area contributed by atoms with Gasteiger partial charge in [0.2, 0.25) is 5.91 Å². The van der Waals surface area contributed by atoms with Crippen molar-refractivity contribution >= 4 is 21.8 Å². The average Bonchev–Trinajstić information content (AvgIpc) is 2.29. The fourth-order valence-electron chi connectivity index (χ4n) is 1.22. The summed E-state index contributed by atoms with van der Waals surface area (Å²) in [5.41, 5.74) is 0.437. The van der Waals surface area contributed by atoms with Crippen LogP contribution in [0.4, 0.5) is 4.39 Å². The van der Waals surface area contributed by atoms with Crippen LogP contribution < -0.4 is 5.32 Å². The molecule has 0 aromatic heterocycles. The van der Waals surface area contributed by atoms with E-state index in [4.69, 9.17) is 0 Å². The van der Waals surface area contributed by atoms with Gasteiger partial charge in [-0.2, -0.15) is 0 Å². The van der Waals surface area contributed by atoms with Crippen LogP contribution in [0.5, 0.6) is 0 Å². The van der Waals surface area contributed by atoms with Crippen LogP contribution in [0.15, 0.2) is 24.3 Å². The molecule has 0 radical (unpaired) electrons. The Bertz CT molecular complexity index is 357. The van der Waals surface area contributed by atoms with E-state index >= 15 is 0 Å². The number of carbonyl (C=O) groups is 1. The van der Waals surface area contributed by atoms with Gasteiger partial charge in [0.05, 0.1) is 6.42 Å². The number of rotatable bonds is 5. The summed E-state index contributed by atoms with van der Waals surface area (Å²) in [7, 11) is 0. The summed E-state index contributed by atoms with van der Waals surface area (Å²) in [5, 5.41) is 3.61. The normalized spacial score (nSPS) is 12.2. The van der Waals surface area contributed by atoms with Crippen molar-refractivity contribution in [2.75, 3.05) is 11.9 Å². The Kier molecular flexibility index (Phi) is 5.46. The highest BCUT2D eigenvalue weighted by molar-refractivity contribution is 9.09. The second-order valence-corrected chi connectivity index (χ2v) is 4.48. The van der Waals surface area contributed by atoms with E-state index in [9.17, 15) is 9.18 Å². The molecule has 2 nitrogen and oxygen atoms in total. The zero-order valence-electron chi connectivity index (χ0n) is 9.17. The molecule has 1 aromatic rings. The van der Waals surface area contributed by atoms with Gasteiger partial charge < -0.3 is 5.32 Å². The zero-order valence-corrected chi connectivity index (χ0v) is 10.8. The lowest BCUT2D eigenvalue weighted by atomic mass is 10.1. The predicted octanol–water partition coefficient (Wildman–Crippen LogP) is 2.52. The minimum atomic E-state index is -0.328. The summed E-state index contributed by atoms with van der Waals surface area (Å²) in [4.78, 5) is 11.5. The summed E-state index contributed by atoms with van der Waals surface area (Å²) >= 11 is 3.33. The molecule has 0 fully saturated rings. The Morgan fingerprint density at radius 2 is 2.19 bits per heavy atom. The molecule has 0 bridgehead atoms. The molecule has 1 aromatic carbocycles. The van der Waals surface area contributed by atoms with Gasteiger partial charge in [0.15, 0.2) is 0 Å². The largest absolute Gasteiger partial charge is 0.356 e. The Hall–Kier alpha value is -0.900. The van der Waals surface area contributed by atoms with E-state index in [1.165, 1.54) is 6.07 Å². The van der Waals surface area contributed by atoms with E-state index in [1.54, 1.807) is 18.2 Å². The van der Waals surface area contributed by atoms with Gasteiger partial charge in [-0.05, 0) is 17.5 Å². The van der Waals surface area contributed by atoms with Gasteiger partial charge in [-0.25, -0.2) is 4.39 Å². The third-order valence-corrected chi connectivity index (χ3v) is 3.33. The molecule has 1 unspecified atom stereocenters. The molecule has 0 saturated carbocycles. The second-order valence-electron chi connectivity index (χ2n) is 3.83. The van der Waals surface area contributed by atoms with Gasteiger partial charge >= 0.3 is 0 Å². The number of benzene rings is 1. The molecule has 1 amide bonds. The molecule has 1 N–H and O–H groups in total. The van der Waals surface area contributed by atoms with Crippen LogP contribution >= 0.6 is 15.9 Å². The number of hydrogen-bond acceptors (Lipinski definition) is 1. The number of alkyl halides is 1. The first-order chi connectivity index (χ1) is 7.63. The lowest BCUT2D eigenvalue weighted by Crippen LogP contribution is -2.30. The van der Waals surface area contributed by atoms with E-state index in [0.29, 0.717) is 18.0 Å². The van der Waals surface area contributed by atoms with Gasteiger partial charge in [0.25, 0.3) is 0 Å². The molecule has 0 spiro atoms. The minimum absolute atomic E-state index is 0.0989. The van der Waals surface area contributed by atoms with Gasteiger partial charge in [0.1, 0.15) is 5.82 Å². The van der Waals surface area contributed by atoms with E-state index in [2.05, 4.69) is 21.2 Å². The molecule has 0 aliphatic carbocycles. The Morgan fingerprint density at radius 3 is 2.81 bits per heavy atom. The molecule has 0 saturated heterocycles. The maximum atomic E-state index is 13.2. The van der Waals surface area contributed by atoms with E-state index in [1.807, 2.05) is 6.92 Å². The van der Waals surface area contributed by atoms with Gasteiger partial charge in [-0.3, -0.25) is 4.79 Å². The third kappa shape index (κ3) is 4.31. The van der Waals surface area contributed by atoms with Crippen LogP contribution in [0, 0.1) is 11.7 Å². The van der Waals surface area contributed by atoms with Gasteiger partial charge in [-0.1, -0.05) is 41.1 Å². The predicted molar refractivity (Wildman–Crippen MR) is 66.1 cm³/mol. The summed E-state index contributed by atoms with van der Waals surface area (Å²) < 4.78 is 13.2. The van der Waals surface area contributed by atoms with Crippen LogP contribution in [0.2, 0.25) is 0 Å². The molecule has 88 valence electrons. The Labute approximate surface area is 103 Å². The minimum Gasteiger partial charge on any atom is -0.356 e. The summed E-state index contributed by atoms with van der Waals surface area (Å²) in [6, 6.07) is 6.34. The Balaban J connectivity index is 2.43. The highest BCUT2D eigenvalue weighted by Gasteiger charge is 2.08. The standard InChI is InChI=1S/C12H15BrFNO/c1-9(7-13)8-15-12(16)6-10-4-2-3-5-11(10)14/h2-5,9H,6-8H2,1H3,(H,15,16). The molecule has 1 atom stereocenters. The first kappa shape index (κ1) is 13.2. The summed E-state index contributed by atoms with van der Waals surface area (Å²) in [6.07, 6.45) is 0.0989. The van der Waals surface area contributed by atoms with E-state index in [-0.39, 0.29) is 18.1 Å².